The van der Waals surface area contributed by atoms with Crippen molar-refractivity contribution in [2.45, 2.75) is 38.8 Å². The van der Waals surface area contributed by atoms with Crippen molar-refractivity contribution in [1.82, 2.24) is 19.8 Å². The minimum atomic E-state index is -0.512. The molecule has 0 radical (unpaired) electrons. The van der Waals surface area contributed by atoms with Gasteiger partial charge in [-0.1, -0.05) is 0 Å². The van der Waals surface area contributed by atoms with E-state index in [1.54, 1.807) is 19.1 Å². The summed E-state index contributed by atoms with van der Waals surface area (Å²) >= 11 is 0. The van der Waals surface area contributed by atoms with E-state index < -0.39 is 5.60 Å². The molecule has 192 valence electrons. The fourth-order valence-electron chi connectivity index (χ4n) is 4.58. The highest BCUT2D eigenvalue weighted by molar-refractivity contribution is 5.93. The lowest BCUT2D eigenvalue weighted by Crippen LogP contribution is -2.50. The van der Waals surface area contributed by atoms with Crippen molar-refractivity contribution in [2.24, 2.45) is 0 Å². The molecule has 0 spiro atoms. The molecule has 2 fully saturated rings. The van der Waals surface area contributed by atoms with E-state index >= 15 is 0 Å². The van der Waals surface area contributed by atoms with Crippen LogP contribution in [0.1, 0.15) is 27.2 Å². The van der Waals surface area contributed by atoms with Crippen LogP contribution in [0.2, 0.25) is 0 Å². The van der Waals surface area contributed by atoms with Gasteiger partial charge in [0.1, 0.15) is 11.4 Å². The standard InChI is InChI=1S/C25H38N6O4/c1-25(2,3)35-24(32)30-12-10-29(11-13-30)22-18-14-20(33-6)21(34-7)15-19(18)26-23(27-22)31-9-8-17(16-31)28(4)5/h14-15,17H,8-13,16H2,1-7H3. The van der Waals surface area contributed by atoms with Gasteiger partial charge >= 0.3 is 6.09 Å². The van der Waals surface area contributed by atoms with Crippen LogP contribution in [-0.2, 0) is 4.74 Å². The van der Waals surface area contributed by atoms with Gasteiger partial charge in [-0.3, -0.25) is 0 Å². The van der Waals surface area contributed by atoms with Crippen LogP contribution in [0.4, 0.5) is 16.6 Å². The van der Waals surface area contributed by atoms with E-state index in [0.717, 1.165) is 42.2 Å². The molecule has 3 heterocycles. The fourth-order valence-corrected chi connectivity index (χ4v) is 4.58. The third-order valence-electron chi connectivity index (χ3n) is 6.58. The predicted octanol–water partition coefficient (Wildman–Crippen LogP) is 2.84. The molecule has 4 rings (SSSR count). The number of piperazine rings is 1. The molecule has 1 amide bonds. The molecule has 0 bridgehead atoms. The first-order valence-electron chi connectivity index (χ1n) is 12.2. The molecule has 2 aromatic rings. The number of methoxy groups -OCH3 is 2. The number of ether oxygens (including phenoxy) is 3. The second-order valence-corrected chi connectivity index (χ2v) is 10.4. The maximum Gasteiger partial charge on any atom is 0.410 e. The highest BCUT2D eigenvalue weighted by Crippen LogP contribution is 2.37. The summed E-state index contributed by atoms with van der Waals surface area (Å²) in [6, 6.07) is 4.33. The van der Waals surface area contributed by atoms with E-state index in [4.69, 9.17) is 24.2 Å². The van der Waals surface area contributed by atoms with Gasteiger partial charge in [0, 0.05) is 56.8 Å². The molecular formula is C25H38N6O4. The number of aromatic nitrogens is 2. The average molecular weight is 487 g/mol. The summed E-state index contributed by atoms with van der Waals surface area (Å²) in [5, 5.41) is 0.903. The molecule has 1 aromatic heterocycles. The van der Waals surface area contributed by atoms with Crippen molar-refractivity contribution in [3.8, 4) is 11.5 Å². The summed E-state index contributed by atoms with van der Waals surface area (Å²) in [5.74, 6) is 2.85. The minimum Gasteiger partial charge on any atom is -0.493 e. The molecule has 10 nitrogen and oxygen atoms in total. The Kier molecular flexibility index (Phi) is 7.12. The molecule has 2 aliphatic rings. The molecule has 2 saturated heterocycles. The van der Waals surface area contributed by atoms with Crippen molar-refractivity contribution in [3.63, 3.8) is 0 Å². The molecule has 0 saturated carbocycles. The lowest BCUT2D eigenvalue weighted by atomic mass is 10.2. The van der Waals surface area contributed by atoms with Crippen LogP contribution in [0, 0.1) is 0 Å². The van der Waals surface area contributed by atoms with Gasteiger partial charge in [-0.05, 0) is 47.4 Å². The largest absolute Gasteiger partial charge is 0.493 e. The van der Waals surface area contributed by atoms with Gasteiger partial charge in [0.25, 0.3) is 0 Å². The Labute approximate surface area is 207 Å². The second kappa shape index (κ2) is 9.93. The summed E-state index contributed by atoms with van der Waals surface area (Å²) < 4.78 is 16.7. The van der Waals surface area contributed by atoms with Crippen molar-refractivity contribution in [2.75, 3.05) is 77.4 Å². The van der Waals surface area contributed by atoms with Crippen LogP contribution >= 0.6 is 0 Å². The van der Waals surface area contributed by atoms with Crippen molar-refractivity contribution in [1.29, 1.82) is 0 Å². The van der Waals surface area contributed by atoms with E-state index in [9.17, 15) is 4.79 Å². The summed E-state index contributed by atoms with van der Waals surface area (Å²) in [4.78, 5) is 31.0. The van der Waals surface area contributed by atoms with E-state index in [-0.39, 0.29) is 6.09 Å². The zero-order valence-corrected chi connectivity index (χ0v) is 22.0. The third kappa shape index (κ3) is 5.47. The number of rotatable bonds is 5. The summed E-state index contributed by atoms with van der Waals surface area (Å²) in [7, 11) is 7.48. The highest BCUT2D eigenvalue weighted by atomic mass is 16.6. The molecule has 0 aliphatic carbocycles. The maximum absolute atomic E-state index is 12.6. The number of hydrogen-bond acceptors (Lipinski definition) is 9. The highest BCUT2D eigenvalue weighted by Gasteiger charge is 2.30. The van der Waals surface area contributed by atoms with Gasteiger partial charge < -0.3 is 33.8 Å². The number of hydrogen-bond donors (Lipinski definition) is 0. The molecule has 2 aliphatic heterocycles. The second-order valence-electron chi connectivity index (χ2n) is 10.4. The van der Waals surface area contributed by atoms with Gasteiger partial charge in [-0.15, -0.1) is 0 Å². The first-order chi connectivity index (χ1) is 16.6. The van der Waals surface area contributed by atoms with Gasteiger partial charge in [0.2, 0.25) is 5.95 Å². The van der Waals surface area contributed by atoms with Crippen LogP contribution in [0.25, 0.3) is 10.9 Å². The Hall–Kier alpha value is -3.01. The zero-order chi connectivity index (χ0) is 25.3. The number of amides is 1. The first kappa shape index (κ1) is 25.1. The molecule has 35 heavy (non-hydrogen) atoms. The topological polar surface area (TPSA) is 83.5 Å². The van der Waals surface area contributed by atoms with Crippen molar-refractivity contribution >= 4 is 28.8 Å². The number of carbonyl (C=O) groups excluding carboxylic acids is 1. The Morgan fingerprint density at radius 2 is 1.63 bits per heavy atom. The van der Waals surface area contributed by atoms with Crippen LogP contribution in [0.5, 0.6) is 11.5 Å². The monoisotopic (exact) mass is 486 g/mol. The van der Waals surface area contributed by atoms with Gasteiger partial charge in [-0.25, -0.2) is 9.78 Å². The predicted molar refractivity (Wildman–Crippen MR) is 137 cm³/mol. The molecule has 1 aromatic carbocycles. The Balaban J connectivity index is 1.66. The Bertz CT molecular complexity index is 1060. The van der Waals surface area contributed by atoms with Crippen LogP contribution in [0.3, 0.4) is 0 Å². The quantitative estimate of drug-likeness (QED) is 0.633. The van der Waals surface area contributed by atoms with E-state index in [0.29, 0.717) is 43.7 Å². The molecular weight excluding hydrogens is 448 g/mol. The number of nitrogens with zero attached hydrogens (tertiary/aromatic N) is 6. The normalized spacial score (nSPS) is 19.0. The lowest BCUT2D eigenvalue weighted by Gasteiger charge is -2.36. The van der Waals surface area contributed by atoms with Crippen LogP contribution in [0.15, 0.2) is 12.1 Å². The van der Waals surface area contributed by atoms with Crippen molar-refractivity contribution < 1.29 is 19.0 Å². The average Bonchev–Trinajstić information content (AvgIpc) is 3.32. The van der Waals surface area contributed by atoms with Crippen molar-refractivity contribution in [3.05, 3.63) is 12.1 Å². The van der Waals surface area contributed by atoms with E-state index in [1.165, 1.54) is 0 Å². The van der Waals surface area contributed by atoms with Gasteiger partial charge in [0.15, 0.2) is 11.5 Å². The number of carbonyl (C=O) groups is 1. The Morgan fingerprint density at radius 1 is 0.971 bits per heavy atom. The smallest absolute Gasteiger partial charge is 0.410 e. The molecule has 1 atom stereocenters. The van der Waals surface area contributed by atoms with E-state index in [2.05, 4.69) is 28.8 Å². The minimum absolute atomic E-state index is 0.274. The fraction of sp³-hybridized carbons (Fsp3) is 0.640. The molecule has 10 heteroatoms. The maximum atomic E-state index is 12.6. The lowest BCUT2D eigenvalue weighted by molar-refractivity contribution is 0.0240. The number of benzene rings is 1. The summed E-state index contributed by atoms with van der Waals surface area (Å²) in [6.45, 7) is 9.89. The molecule has 1 unspecified atom stereocenters. The number of anilines is 2. The third-order valence-corrected chi connectivity index (χ3v) is 6.58. The first-order valence-corrected chi connectivity index (χ1v) is 12.2. The molecule has 0 N–H and O–H groups in total. The van der Waals surface area contributed by atoms with Gasteiger partial charge in [0.05, 0.1) is 19.7 Å². The van der Waals surface area contributed by atoms with Crippen LogP contribution in [-0.4, -0.2) is 105 Å². The summed E-state index contributed by atoms with van der Waals surface area (Å²) in [6.07, 6.45) is 0.799. The van der Waals surface area contributed by atoms with Gasteiger partial charge in [-0.2, -0.15) is 4.98 Å². The number of fused-ring (bicyclic) bond motifs is 1. The van der Waals surface area contributed by atoms with E-state index in [1.807, 2.05) is 32.9 Å². The summed E-state index contributed by atoms with van der Waals surface area (Å²) in [5.41, 5.74) is 0.298. The van der Waals surface area contributed by atoms with Crippen LogP contribution < -0.4 is 19.3 Å². The number of likely N-dealkylation sites (N-methyl/N-ethyl adjacent to an activating group) is 1. The SMILES string of the molecule is COc1cc2nc(N3CCC(N(C)C)C3)nc(N3CCN(C(=O)OC(C)(C)C)CC3)c2cc1OC. The Morgan fingerprint density at radius 3 is 2.20 bits per heavy atom. The zero-order valence-electron chi connectivity index (χ0n) is 22.0.